The number of aliphatic hydroxyl groups excluding tert-OH is 1. The quantitative estimate of drug-likeness (QED) is 0.281. The summed E-state index contributed by atoms with van der Waals surface area (Å²) < 4.78 is 0. The summed E-state index contributed by atoms with van der Waals surface area (Å²) in [7, 11) is 1.78. The molecule has 2 heterocycles. The monoisotopic (exact) mass is 447 g/mol. The van der Waals surface area contributed by atoms with Gasteiger partial charge in [0.25, 0.3) is 5.91 Å². The van der Waals surface area contributed by atoms with Gasteiger partial charge in [0.15, 0.2) is 11.5 Å². The fourth-order valence-electron chi connectivity index (χ4n) is 4.61. The van der Waals surface area contributed by atoms with Crippen LogP contribution in [-0.2, 0) is 9.59 Å². The molecule has 10 nitrogen and oxygen atoms in total. The Morgan fingerprint density at radius 1 is 1.28 bits per heavy atom. The highest BCUT2D eigenvalue weighted by Crippen LogP contribution is 2.47. The van der Waals surface area contributed by atoms with Crippen LogP contribution in [0.3, 0.4) is 0 Å². The number of β-lactam (4-membered cyclic amide) rings is 1. The molecule has 3 rings (SSSR count). The number of rotatable bonds is 8. The van der Waals surface area contributed by atoms with Gasteiger partial charge in [0.1, 0.15) is 5.70 Å². The number of fused-ring (bicyclic) bond motifs is 1. The van der Waals surface area contributed by atoms with Gasteiger partial charge in [-0.15, -0.1) is 0 Å². The summed E-state index contributed by atoms with van der Waals surface area (Å²) in [6.07, 6.45) is -0.851. The number of carbonyl (C=O) groups is 3. The van der Waals surface area contributed by atoms with Crippen LogP contribution in [0.25, 0.3) is 0 Å². The number of phenolic OH excluding ortho intramolecular Hbond substituents is 2. The number of carbonyl (C=O) groups excluding carboxylic acids is 2. The van der Waals surface area contributed by atoms with E-state index in [-0.39, 0.29) is 52.7 Å². The van der Waals surface area contributed by atoms with Gasteiger partial charge in [0, 0.05) is 36.7 Å². The predicted molar refractivity (Wildman–Crippen MR) is 114 cm³/mol. The number of nitrogens with zero attached hydrogens (tertiary/aromatic N) is 2. The lowest BCUT2D eigenvalue weighted by molar-refractivity contribution is -0.163. The van der Waals surface area contributed by atoms with E-state index in [2.05, 4.69) is 5.32 Å². The van der Waals surface area contributed by atoms with E-state index >= 15 is 0 Å². The molecule has 4 atom stereocenters. The van der Waals surface area contributed by atoms with Crippen molar-refractivity contribution in [3.8, 4) is 11.5 Å². The van der Waals surface area contributed by atoms with E-state index < -0.39 is 23.9 Å². The average Bonchev–Trinajstić information content (AvgIpc) is 2.94. The molecule has 1 unspecified atom stereocenters. The Hall–Kier alpha value is -3.11. The molecule has 2 amide bonds. The van der Waals surface area contributed by atoms with Gasteiger partial charge in [-0.3, -0.25) is 9.59 Å². The third-order valence-electron chi connectivity index (χ3n) is 6.39. The largest absolute Gasteiger partial charge is 0.504 e. The van der Waals surface area contributed by atoms with Crippen molar-refractivity contribution in [2.45, 2.75) is 32.9 Å². The summed E-state index contributed by atoms with van der Waals surface area (Å²) in [5, 5.41) is 41.7. The van der Waals surface area contributed by atoms with E-state index in [9.17, 15) is 34.8 Å². The van der Waals surface area contributed by atoms with Crippen LogP contribution in [0.4, 0.5) is 0 Å². The first-order valence-corrected chi connectivity index (χ1v) is 10.4. The number of carboxylic acid groups (broad SMARTS) is 1. The van der Waals surface area contributed by atoms with Gasteiger partial charge in [0.05, 0.1) is 18.1 Å². The Labute approximate surface area is 185 Å². The molecule has 2 aliphatic rings. The van der Waals surface area contributed by atoms with Crippen LogP contribution in [0.15, 0.2) is 23.4 Å². The molecule has 2 aliphatic heterocycles. The van der Waals surface area contributed by atoms with Gasteiger partial charge < -0.3 is 35.5 Å². The molecule has 5 N–H and O–H groups in total. The maximum Gasteiger partial charge on any atom is 0.352 e. The van der Waals surface area contributed by atoms with Crippen LogP contribution in [-0.4, -0.2) is 86.8 Å². The molecule has 174 valence electrons. The van der Waals surface area contributed by atoms with Crippen molar-refractivity contribution >= 4 is 17.8 Å². The van der Waals surface area contributed by atoms with E-state index in [4.69, 9.17) is 0 Å². The lowest BCUT2D eigenvalue weighted by atomic mass is 9.77. The number of amides is 2. The SMILES string of the molecule is Cc1c(C(=O)NCCN(C)CC2=C(C(=O)O)N3C(=O)C([C@@H](C)O)[C@H]3[C@H]2C)ccc(O)c1O. The lowest BCUT2D eigenvalue weighted by Gasteiger charge is -2.46. The Bertz CT molecular complexity index is 988. The topological polar surface area (TPSA) is 151 Å². The van der Waals surface area contributed by atoms with E-state index in [0.717, 1.165) is 0 Å². The summed E-state index contributed by atoms with van der Waals surface area (Å²) in [6, 6.07) is 2.31. The fraction of sp³-hybridized carbons (Fsp3) is 0.500. The second kappa shape index (κ2) is 8.79. The van der Waals surface area contributed by atoms with E-state index in [1.165, 1.54) is 30.9 Å². The number of phenols is 2. The molecular weight excluding hydrogens is 418 g/mol. The molecule has 0 aromatic heterocycles. The smallest absolute Gasteiger partial charge is 0.352 e. The van der Waals surface area contributed by atoms with Gasteiger partial charge in [0.2, 0.25) is 5.91 Å². The van der Waals surface area contributed by atoms with E-state index in [1.54, 1.807) is 7.05 Å². The van der Waals surface area contributed by atoms with Crippen molar-refractivity contribution < 1.29 is 34.8 Å². The molecule has 32 heavy (non-hydrogen) atoms. The fourth-order valence-corrected chi connectivity index (χ4v) is 4.61. The molecule has 1 aromatic rings. The molecule has 1 aromatic carbocycles. The number of likely N-dealkylation sites (N-methyl/N-ethyl adjacent to an activating group) is 1. The number of carboxylic acids is 1. The van der Waals surface area contributed by atoms with Gasteiger partial charge in [-0.2, -0.15) is 0 Å². The van der Waals surface area contributed by atoms with Crippen molar-refractivity contribution in [3.05, 3.63) is 34.5 Å². The maximum absolute atomic E-state index is 12.4. The Morgan fingerprint density at radius 3 is 2.53 bits per heavy atom. The van der Waals surface area contributed by atoms with Crippen molar-refractivity contribution in [1.82, 2.24) is 15.1 Å². The first kappa shape index (κ1) is 23.6. The molecule has 0 radical (unpaired) electrons. The third-order valence-corrected chi connectivity index (χ3v) is 6.39. The van der Waals surface area contributed by atoms with Gasteiger partial charge in [-0.1, -0.05) is 6.92 Å². The number of aromatic hydroxyl groups is 2. The van der Waals surface area contributed by atoms with Crippen molar-refractivity contribution in [2.75, 3.05) is 26.7 Å². The van der Waals surface area contributed by atoms with Crippen molar-refractivity contribution in [3.63, 3.8) is 0 Å². The first-order chi connectivity index (χ1) is 15.0. The number of aliphatic carboxylic acids is 1. The van der Waals surface area contributed by atoms with Crippen LogP contribution >= 0.6 is 0 Å². The van der Waals surface area contributed by atoms with Crippen LogP contribution in [0.1, 0.15) is 29.8 Å². The lowest BCUT2D eigenvalue weighted by Crippen LogP contribution is -2.63. The number of benzene rings is 1. The van der Waals surface area contributed by atoms with E-state index in [1.807, 2.05) is 11.8 Å². The summed E-state index contributed by atoms with van der Waals surface area (Å²) in [4.78, 5) is 39.8. The Kier molecular flexibility index (Phi) is 6.47. The van der Waals surface area contributed by atoms with Crippen LogP contribution < -0.4 is 5.32 Å². The molecule has 1 saturated heterocycles. The standard InChI is InChI=1S/C22H29N3O7/c1-10-14(18(22(31)32)25-17(10)16(12(3)26)21(25)30)9-24(4)8-7-23-20(29)13-5-6-15(27)19(28)11(13)2/h5-6,10,12,16-17,26-28H,7-9H2,1-4H3,(H,23,29)(H,31,32)/t10-,12+,16?,17+/m0/s1. The normalized spacial score (nSPS) is 23.2. The zero-order valence-corrected chi connectivity index (χ0v) is 18.5. The van der Waals surface area contributed by atoms with Crippen molar-refractivity contribution in [1.29, 1.82) is 0 Å². The Morgan fingerprint density at radius 2 is 1.94 bits per heavy atom. The highest BCUT2D eigenvalue weighted by atomic mass is 16.4. The summed E-state index contributed by atoms with van der Waals surface area (Å²) >= 11 is 0. The van der Waals surface area contributed by atoms with Crippen LogP contribution in [0, 0.1) is 18.8 Å². The number of hydrogen-bond acceptors (Lipinski definition) is 7. The minimum Gasteiger partial charge on any atom is -0.504 e. The van der Waals surface area contributed by atoms with Crippen LogP contribution in [0.2, 0.25) is 0 Å². The highest BCUT2D eigenvalue weighted by Gasteiger charge is 2.59. The first-order valence-electron chi connectivity index (χ1n) is 10.4. The molecule has 0 saturated carbocycles. The third kappa shape index (κ3) is 3.91. The van der Waals surface area contributed by atoms with Crippen LogP contribution in [0.5, 0.6) is 11.5 Å². The molecule has 0 aliphatic carbocycles. The summed E-state index contributed by atoms with van der Waals surface area (Å²) in [6.45, 7) is 5.91. The van der Waals surface area contributed by atoms with Gasteiger partial charge in [-0.25, -0.2) is 4.79 Å². The molecule has 0 spiro atoms. The number of aliphatic hydroxyl groups is 1. The summed E-state index contributed by atoms with van der Waals surface area (Å²) in [5.41, 5.74) is 1.12. The number of nitrogens with one attached hydrogen (secondary N) is 1. The number of hydrogen-bond donors (Lipinski definition) is 5. The second-order valence-corrected chi connectivity index (χ2v) is 8.53. The zero-order valence-electron chi connectivity index (χ0n) is 18.5. The van der Waals surface area contributed by atoms with Gasteiger partial charge >= 0.3 is 5.97 Å². The molecule has 10 heteroatoms. The Balaban J connectivity index is 1.63. The molecular formula is C22H29N3O7. The minimum atomic E-state index is -1.17. The van der Waals surface area contributed by atoms with Gasteiger partial charge in [-0.05, 0) is 38.6 Å². The van der Waals surface area contributed by atoms with Crippen molar-refractivity contribution in [2.24, 2.45) is 11.8 Å². The zero-order chi connectivity index (χ0) is 23.9. The molecule has 1 fully saturated rings. The molecule has 0 bridgehead atoms. The average molecular weight is 447 g/mol. The highest BCUT2D eigenvalue weighted by molar-refractivity contribution is 6.00. The summed E-state index contributed by atoms with van der Waals surface area (Å²) in [5.74, 6) is -3.39. The minimum absolute atomic E-state index is 0.0181. The maximum atomic E-state index is 12.4. The predicted octanol–water partition coefficient (Wildman–Crippen LogP) is 0.264. The van der Waals surface area contributed by atoms with E-state index in [0.29, 0.717) is 18.7 Å². The second-order valence-electron chi connectivity index (χ2n) is 8.53.